The van der Waals surface area contributed by atoms with Gasteiger partial charge in [-0.25, -0.2) is 8.78 Å². The highest BCUT2D eigenvalue weighted by Crippen LogP contribution is 2.22. The number of likely N-dealkylation sites (tertiary alicyclic amines) is 1. The summed E-state index contributed by atoms with van der Waals surface area (Å²) in [5, 5.41) is 5.09. The molecule has 1 atom stereocenters. The first-order chi connectivity index (χ1) is 13.8. The number of amides is 2. The Labute approximate surface area is 176 Å². The van der Waals surface area contributed by atoms with Gasteiger partial charge in [0.15, 0.2) is 0 Å². The van der Waals surface area contributed by atoms with Crippen molar-refractivity contribution in [3.8, 4) is 0 Å². The second-order valence-corrected chi connectivity index (χ2v) is 8.05. The molecule has 2 aromatic rings. The Morgan fingerprint density at radius 3 is 2.62 bits per heavy atom. The molecule has 29 heavy (non-hydrogen) atoms. The minimum Gasteiger partial charge on any atom is -0.325 e. The smallest absolute Gasteiger partial charge is 0.258 e. The fourth-order valence-corrected chi connectivity index (χ4v) is 3.67. The topological polar surface area (TPSA) is 61.4 Å². The molecule has 0 radical (unpaired) electrons. The predicted octanol–water partition coefficient (Wildman–Crippen LogP) is 4.79. The monoisotopic (exact) mass is 465 g/mol. The Hall–Kier alpha value is -2.32. The predicted molar refractivity (Wildman–Crippen MR) is 112 cm³/mol. The zero-order valence-corrected chi connectivity index (χ0v) is 17.6. The third-order valence-corrected chi connectivity index (χ3v) is 5.45. The summed E-state index contributed by atoms with van der Waals surface area (Å²) in [4.78, 5) is 26.8. The third kappa shape index (κ3) is 5.61. The molecule has 154 valence electrons. The highest BCUT2D eigenvalue weighted by atomic mass is 79.9. The van der Waals surface area contributed by atoms with Crippen LogP contribution < -0.4 is 10.6 Å². The van der Waals surface area contributed by atoms with Gasteiger partial charge in [-0.05, 0) is 62.7 Å². The van der Waals surface area contributed by atoms with Crippen LogP contribution >= 0.6 is 15.9 Å². The average Bonchev–Trinajstić information content (AvgIpc) is 2.66. The number of carbonyl (C=O) groups is 2. The SMILES string of the molecule is C[C@@H]1CCCCN1CC(=O)Nc1ccc(F)c(NC(=O)c2ccc(Br)cc2F)c1. The fourth-order valence-electron chi connectivity index (χ4n) is 3.34. The lowest BCUT2D eigenvalue weighted by molar-refractivity contribution is -0.118. The van der Waals surface area contributed by atoms with Gasteiger partial charge in [0, 0.05) is 16.2 Å². The number of benzene rings is 2. The van der Waals surface area contributed by atoms with E-state index >= 15 is 0 Å². The van der Waals surface area contributed by atoms with Crippen LogP contribution in [-0.2, 0) is 4.79 Å². The first-order valence-corrected chi connectivity index (χ1v) is 10.2. The van der Waals surface area contributed by atoms with Crippen molar-refractivity contribution in [3.63, 3.8) is 0 Å². The van der Waals surface area contributed by atoms with Crippen LogP contribution in [0.2, 0.25) is 0 Å². The van der Waals surface area contributed by atoms with Crippen LogP contribution in [0.1, 0.15) is 36.5 Å². The summed E-state index contributed by atoms with van der Waals surface area (Å²) in [5.74, 6) is -2.39. The molecule has 1 heterocycles. The minimum absolute atomic E-state index is 0.138. The van der Waals surface area contributed by atoms with Gasteiger partial charge in [-0.15, -0.1) is 0 Å². The molecule has 5 nitrogen and oxygen atoms in total. The summed E-state index contributed by atoms with van der Waals surface area (Å²) in [6.07, 6.45) is 3.29. The molecule has 2 aromatic carbocycles. The number of nitrogens with zero attached hydrogens (tertiary/aromatic N) is 1. The van der Waals surface area contributed by atoms with Gasteiger partial charge >= 0.3 is 0 Å². The summed E-state index contributed by atoms with van der Waals surface area (Å²) in [7, 11) is 0. The highest BCUT2D eigenvalue weighted by molar-refractivity contribution is 9.10. The summed E-state index contributed by atoms with van der Waals surface area (Å²) in [6, 6.07) is 8.21. The van der Waals surface area contributed by atoms with E-state index in [1.54, 1.807) is 0 Å². The molecule has 0 unspecified atom stereocenters. The van der Waals surface area contributed by atoms with Gasteiger partial charge < -0.3 is 10.6 Å². The number of rotatable bonds is 5. The van der Waals surface area contributed by atoms with E-state index in [4.69, 9.17) is 0 Å². The zero-order chi connectivity index (χ0) is 21.0. The molecule has 1 saturated heterocycles. The molecule has 0 aromatic heterocycles. The largest absolute Gasteiger partial charge is 0.325 e. The molecule has 0 spiro atoms. The summed E-state index contributed by atoms with van der Waals surface area (Å²) < 4.78 is 28.6. The fraction of sp³-hybridized carbons (Fsp3) is 0.333. The molecule has 8 heteroatoms. The lowest BCUT2D eigenvalue weighted by atomic mass is 10.0. The normalized spacial score (nSPS) is 17.0. The van der Waals surface area contributed by atoms with E-state index in [1.807, 2.05) is 0 Å². The zero-order valence-electron chi connectivity index (χ0n) is 16.0. The van der Waals surface area contributed by atoms with Gasteiger partial charge in [0.1, 0.15) is 11.6 Å². The number of carbonyl (C=O) groups excluding carboxylic acids is 2. The molecule has 2 amide bonds. The number of hydrogen-bond donors (Lipinski definition) is 2. The van der Waals surface area contributed by atoms with E-state index in [0.29, 0.717) is 16.2 Å². The molecule has 1 aliphatic heterocycles. The standard InChI is InChI=1S/C21H22BrF2N3O2/c1-13-4-2-3-9-27(13)12-20(28)25-15-6-8-17(23)19(11-15)26-21(29)16-7-5-14(22)10-18(16)24/h5-8,10-11,13H,2-4,9,12H2,1H3,(H,25,28)(H,26,29)/t13-/m1/s1. The number of halogens is 3. The third-order valence-electron chi connectivity index (χ3n) is 4.96. The summed E-state index contributed by atoms with van der Waals surface area (Å²) in [5.41, 5.74) is 0.00947. The van der Waals surface area contributed by atoms with Crippen molar-refractivity contribution < 1.29 is 18.4 Å². The molecule has 1 fully saturated rings. The Morgan fingerprint density at radius 2 is 1.90 bits per heavy atom. The second-order valence-electron chi connectivity index (χ2n) is 7.14. The molecule has 0 saturated carbocycles. The first kappa shape index (κ1) is 21.4. The molecular formula is C21H22BrF2N3O2. The molecule has 1 aliphatic rings. The van der Waals surface area contributed by atoms with Gasteiger partial charge in [-0.3, -0.25) is 14.5 Å². The van der Waals surface area contributed by atoms with Crippen molar-refractivity contribution in [3.05, 3.63) is 58.1 Å². The molecule has 0 aliphatic carbocycles. The van der Waals surface area contributed by atoms with E-state index in [2.05, 4.69) is 38.4 Å². The van der Waals surface area contributed by atoms with Gasteiger partial charge in [-0.2, -0.15) is 0 Å². The summed E-state index contributed by atoms with van der Waals surface area (Å²) in [6.45, 7) is 3.22. The minimum atomic E-state index is -0.778. The Bertz CT molecular complexity index is 923. The van der Waals surface area contributed by atoms with E-state index in [1.165, 1.54) is 30.7 Å². The molecule has 0 bridgehead atoms. The van der Waals surface area contributed by atoms with Crippen molar-refractivity contribution in [1.82, 2.24) is 4.90 Å². The van der Waals surface area contributed by atoms with Crippen molar-refractivity contribution in [2.75, 3.05) is 23.7 Å². The van der Waals surface area contributed by atoms with Crippen LogP contribution in [0.3, 0.4) is 0 Å². The van der Waals surface area contributed by atoms with Crippen molar-refractivity contribution >= 4 is 39.1 Å². The Balaban J connectivity index is 1.67. The maximum Gasteiger partial charge on any atom is 0.258 e. The van der Waals surface area contributed by atoms with E-state index in [0.717, 1.165) is 31.5 Å². The lowest BCUT2D eigenvalue weighted by Gasteiger charge is -2.32. The quantitative estimate of drug-likeness (QED) is 0.666. The van der Waals surface area contributed by atoms with Gasteiger partial charge in [0.25, 0.3) is 5.91 Å². The number of hydrogen-bond acceptors (Lipinski definition) is 3. The van der Waals surface area contributed by atoms with Gasteiger partial charge in [0.2, 0.25) is 5.91 Å². The number of piperidine rings is 1. The van der Waals surface area contributed by atoms with E-state index < -0.39 is 17.5 Å². The van der Waals surface area contributed by atoms with Crippen LogP contribution in [0, 0.1) is 11.6 Å². The van der Waals surface area contributed by atoms with Gasteiger partial charge in [-0.1, -0.05) is 22.4 Å². The van der Waals surface area contributed by atoms with Crippen molar-refractivity contribution in [1.29, 1.82) is 0 Å². The molecule has 2 N–H and O–H groups in total. The van der Waals surface area contributed by atoms with Crippen LogP contribution in [0.25, 0.3) is 0 Å². The second kappa shape index (κ2) is 9.45. The molecule has 3 rings (SSSR count). The van der Waals surface area contributed by atoms with E-state index in [9.17, 15) is 18.4 Å². The van der Waals surface area contributed by atoms with E-state index in [-0.39, 0.29) is 23.7 Å². The van der Waals surface area contributed by atoms with Crippen LogP contribution in [0.4, 0.5) is 20.2 Å². The Kier molecular flexibility index (Phi) is 6.97. The highest BCUT2D eigenvalue weighted by Gasteiger charge is 2.21. The average molecular weight is 466 g/mol. The van der Waals surface area contributed by atoms with Crippen molar-refractivity contribution in [2.24, 2.45) is 0 Å². The maximum absolute atomic E-state index is 14.1. The van der Waals surface area contributed by atoms with Crippen LogP contribution in [0.5, 0.6) is 0 Å². The number of anilines is 2. The van der Waals surface area contributed by atoms with Crippen LogP contribution in [0.15, 0.2) is 40.9 Å². The van der Waals surface area contributed by atoms with Crippen molar-refractivity contribution in [2.45, 2.75) is 32.2 Å². The van der Waals surface area contributed by atoms with Gasteiger partial charge in [0.05, 0.1) is 17.8 Å². The first-order valence-electron chi connectivity index (χ1n) is 9.43. The lowest BCUT2D eigenvalue weighted by Crippen LogP contribution is -2.42. The summed E-state index contributed by atoms with van der Waals surface area (Å²) >= 11 is 3.12. The maximum atomic E-state index is 14.1. The molecular weight excluding hydrogens is 444 g/mol. The number of nitrogens with one attached hydrogen (secondary N) is 2. The Morgan fingerprint density at radius 1 is 1.10 bits per heavy atom. The van der Waals surface area contributed by atoms with Crippen LogP contribution in [-0.4, -0.2) is 35.8 Å².